The van der Waals surface area contributed by atoms with Crippen LogP contribution >= 0.6 is 0 Å². The highest BCUT2D eigenvalue weighted by molar-refractivity contribution is 5.99. The molecule has 0 aromatic heterocycles. The van der Waals surface area contributed by atoms with Crippen LogP contribution in [0.3, 0.4) is 0 Å². The Labute approximate surface area is 400 Å². The Morgan fingerprint density at radius 1 is 0.739 bits per heavy atom. The molecule has 9 atom stereocenters. The molecular formula is C45H70N12O12. The fraction of sp³-hybridized carbons (Fsp3) is 0.622. The molecule has 69 heavy (non-hydrogen) atoms. The zero-order chi connectivity index (χ0) is 51.5. The topological polar surface area (TPSA) is 400 Å². The van der Waals surface area contributed by atoms with Crippen molar-refractivity contribution in [3.63, 3.8) is 0 Å². The van der Waals surface area contributed by atoms with Crippen molar-refractivity contribution in [3.05, 3.63) is 29.8 Å². The highest BCUT2D eigenvalue weighted by atomic mass is 16.3. The van der Waals surface area contributed by atoms with Crippen LogP contribution in [0.4, 0.5) is 0 Å². The van der Waals surface area contributed by atoms with E-state index >= 15 is 0 Å². The van der Waals surface area contributed by atoms with Crippen molar-refractivity contribution in [1.29, 1.82) is 0 Å². The Bertz CT molecular complexity index is 2040. The minimum absolute atomic E-state index is 0.0307. The number of nitrogens with zero attached hydrogens (tertiary/aromatic N) is 1. The molecule has 1 aromatic carbocycles. The Morgan fingerprint density at radius 2 is 1.35 bits per heavy atom. The molecule has 2 saturated heterocycles. The van der Waals surface area contributed by atoms with Gasteiger partial charge in [-0.2, -0.15) is 0 Å². The first kappa shape index (κ1) is 56.5. The Hall–Kier alpha value is -6.85. The van der Waals surface area contributed by atoms with E-state index < -0.39 is 139 Å². The number of primary amides is 3. The standard InChI is InChI=1S/C45H70N12O12/c1-5-24(4)37-44(68)51-28(16-17-34(47)59)40(64)54-32(21-35(48)60)41(65)52-29(10-7-6-9-27(46)38(62)53-31(42(66)56-37)20-25-12-14-26(58)15-13-25)45(69)57-18-8-11-33(57)43(67)55-30(19-23(2)3)39(63)50-22-36(49)61/h12-15,23-24,27-33,37,58H,5-11,16-22,46H2,1-4H3,(H2,47,59)(H2,48,60)(H2,49,61)(H,50,63)(H,51,68)(H,52,65)(H,53,62)(H,54,64)(H,55,67)(H,56,66)/t24-,27-,28-,29-,30-,31-,32-,33-,37?/m0/s1. The normalized spacial score (nSPS) is 24.3. The summed E-state index contributed by atoms with van der Waals surface area (Å²) in [5.74, 6) is -9.90. The molecule has 2 fully saturated rings. The van der Waals surface area contributed by atoms with Crippen molar-refractivity contribution in [2.45, 2.75) is 153 Å². The summed E-state index contributed by atoms with van der Waals surface area (Å²) in [5, 5.41) is 27.8. The van der Waals surface area contributed by atoms with Crippen LogP contribution in [0.2, 0.25) is 0 Å². The number of nitrogens with one attached hydrogen (secondary N) is 7. The first-order valence-corrected chi connectivity index (χ1v) is 23.3. The zero-order valence-corrected chi connectivity index (χ0v) is 39.7. The molecule has 3 rings (SSSR count). The summed E-state index contributed by atoms with van der Waals surface area (Å²) in [4.78, 5) is 148. The van der Waals surface area contributed by atoms with Gasteiger partial charge in [-0.1, -0.05) is 59.1 Å². The molecule has 0 bridgehead atoms. The first-order chi connectivity index (χ1) is 32.5. The molecule has 2 heterocycles. The van der Waals surface area contributed by atoms with E-state index in [1.54, 1.807) is 26.0 Å². The van der Waals surface area contributed by atoms with Gasteiger partial charge in [0.2, 0.25) is 65.0 Å². The maximum absolute atomic E-state index is 14.5. The van der Waals surface area contributed by atoms with E-state index in [1.165, 1.54) is 17.0 Å². The number of hydrogen-bond acceptors (Lipinski definition) is 13. The van der Waals surface area contributed by atoms with Crippen LogP contribution < -0.4 is 60.2 Å². The van der Waals surface area contributed by atoms with E-state index in [0.717, 1.165) is 0 Å². The lowest BCUT2D eigenvalue weighted by atomic mass is 9.96. The summed E-state index contributed by atoms with van der Waals surface area (Å²) in [7, 11) is 0. The zero-order valence-electron chi connectivity index (χ0n) is 39.7. The number of phenolic OH excluding ortho intramolecular Hbond substituents is 1. The fourth-order valence-electron chi connectivity index (χ4n) is 7.96. The number of aromatic hydroxyl groups is 1. The van der Waals surface area contributed by atoms with Crippen LogP contribution in [0.15, 0.2) is 24.3 Å². The maximum Gasteiger partial charge on any atom is 0.245 e. The Morgan fingerprint density at radius 3 is 1.96 bits per heavy atom. The molecule has 0 radical (unpaired) electrons. The van der Waals surface area contributed by atoms with Crippen LogP contribution in [0.5, 0.6) is 5.75 Å². The second kappa shape index (κ2) is 27.2. The fourth-order valence-corrected chi connectivity index (χ4v) is 7.96. The third-order valence-corrected chi connectivity index (χ3v) is 12.0. The van der Waals surface area contributed by atoms with Crippen molar-refractivity contribution >= 4 is 65.0 Å². The molecule has 11 amide bonds. The summed E-state index contributed by atoms with van der Waals surface area (Å²) >= 11 is 0. The number of rotatable bonds is 17. The first-order valence-electron chi connectivity index (χ1n) is 23.3. The van der Waals surface area contributed by atoms with Crippen LogP contribution in [0.25, 0.3) is 0 Å². The van der Waals surface area contributed by atoms with Gasteiger partial charge in [0.25, 0.3) is 0 Å². The van der Waals surface area contributed by atoms with Gasteiger partial charge in [-0.3, -0.25) is 52.7 Å². The number of carbonyl (C=O) groups excluding carboxylic acids is 11. The van der Waals surface area contributed by atoms with Crippen molar-refractivity contribution in [1.82, 2.24) is 42.1 Å². The van der Waals surface area contributed by atoms with E-state index in [-0.39, 0.29) is 69.6 Å². The molecule has 0 aliphatic carbocycles. The number of likely N-dealkylation sites (tertiary alicyclic amines) is 1. The smallest absolute Gasteiger partial charge is 0.245 e. The number of phenols is 1. The lowest BCUT2D eigenvalue weighted by Crippen LogP contribution is -2.61. The van der Waals surface area contributed by atoms with Gasteiger partial charge in [0, 0.05) is 19.4 Å². The quantitative estimate of drug-likeness (QED) is 0.0725. The average Bonchev–Trinajstić information content (AvgIpc) is 3.78. The van der Waals surface area contributed by atoms with Crippen LogP contribution in [-0.4, -0.2) is 136 Å². The molecule has 24 heteroatoms. The van der Waals surface area contributed by atoms with Crippen LogP contribution in [-0.2, 0) is 59.2 Å². The highest BCUT2D eigenvalue weighted by Gasteiger charge is 2.41. The van der Waals surface area contributed by atoms with Gasteiger partial charge in [0.15, 0.2) is 0 Å². The number of hydrogen-bond donors (Lipinski definition) is 12. The van der Waals surface area contributed by atoms with Crippen molar-refractivity contribution in [2.24, 2.45) is 34.8 Å². The SMILES string of the molecule is CC[C@H](C)C1NC(=O)[C@H](Cc2ccc(O)cc2)NC(=O)[C@@H](N)CCCC[C@@H](C(=O)N2CCC[C@H]2C(=O)N[C@@H](CC(C)C)C(=O)NCC(N)=O)NC(=O)[C@H](CC(N)=O)NC(=O)[C@H](CCC(N)=O)NC1=O. The molecular weight excluding hydrogens is 901 g/mol. The number of amides is 11. The van der Waals surface area contributed by atoms with Gasteiger partial charge in [-0.15, -0.1) is 0 Å². The van der Waals surface area contributed by atoms with Gasteiger partial charge in [0.05, 0.1) is 19.0 Å². The summed E-state index contributed by atoms with van der Waals surface area (Å²) in [6, 6.07) is -4.83. The van der Waals surface area contributed by atoms with Gasteiger partial charge in [-0.05, 0) is 68.1 Å². The minimum atomic E-state index is -1.74. The predicted octanol–water partition coefficient (Wildman–Crippen LogP) is -3.43. The highest BCUT2D eigenvalue weighted by Crippen LogP contribution is 2.22. The number of carbonyl (C=O) groups is 11. The van der Waals surface area contributed by atoms with Gasteiger partial charge in [-0.25, -0.2) is 0 Å². The van der Waals surface area contributed by atoms with Crippen LogP contribution in [0.1, 0.15) is 104 Å². The minimum Gasteiger partial charge on any atom is -0.508 e. The van der Waals surface area contributed by atoms with Gasteiger partial charge in [0.1, 0.15) is 48.0 Å². The molecule has 1 aromatic rings. The van der Waals surface area contributed by atoms with Crippen molar-refractivity contribution < 1.29 is 57.8 Å². The number of nitrogens with two attached hydrogens (primary N) is 4. The van der Waals surface area contributed by atoms with E-state index in [1.807, 2.05) is 13.8 Å². The molecule has 2 aliphatic heterocycles. The van der Waals surface area contributed by atoms with E-state index in [4.69, 9.17) is 22.9 Å². The lowest BCUT2D eigenvalue weighted by molar-refractivity contribution is -0.143. The monoisotopic (exact) mass is 971 g/mol. The molecule has 16 N–H and O–H groups in total. The molecule has 24 nitrogen and oxygen atoms in total. The van der Waals surface area contributed by atoms with Gasteiger partial charge >= 0.3 is 0 Å². The van der Waals surface area contributed by atoms with Gasteiger partial charge < -0.3 is 70.2 Å². The van der Waals surface area contributed by atoms with E-state index in [9.17, 15) is 57.8 Å². The van der Waals surface area contributed by atoms with Crippen molar-refractivity contribution in [2.75, 3.05) is 13.1 Å². The molecule has 382 valence electrons. The van der Waals surface area contributed by atoms with Crippen molar-refractivity contribution in [3.8, 4) is 5.75 Å². The molecule has 0 saturated carbocycles. The largest absolute Gasteiger partial charge is 0.508 e. The van der Waals surface area contributed by atoms with E-state index in [2.05, 4.69) is 37.2 Å². The second-order valence-corrected chi connectivity index (χ2v) is 18.1. The Balaban J connectivity index is 2.05. The average molecular weight is 971 g/mol. The maximum atomic E-state index is 14.5. The third-order valence-electron chi connectivity index (χ3n) is 12.0. The third kappa shape index (κ3) is 18.3. The van der Waals surface area contributed by atoms with Crippen LogP contribution in [0, 0.1) is 11.8 Å². The summed E-state index contributed by atoms with van der Waals surface area (Å²) < 4.78 is 0. The number of benzene rings is 1. The molecule has 1 unspecified atom stereocenters. The molecule has 2 aliphatic rings. The molecule has 0 spiro atoms. The van der Waals surface area contributed by atoms with E-state index in [0.29, 0.717) is 18.4 Å². The second-order valence-electron chi connectivity index (χ2n) is 18.1. The summed E-state index contributed by atoms with van der Waals surface area (Å²) in [5.41, 5.74) is 23.0. The Kier molecular flexibility index (Phi) is 22.3. The summed E-state index contributed by atoms with van der Waals surface area (Å²) in [6.45, 7) is 6.64. The lowest BCUT2D eigenvalue weighted by Gasteiger charge is -2.31. The summed E-state index contributed by atoms with van der Waals surface area (Å²) in [6.07, 6.45) is -0.345. The predicted molar refractivity (Wildman–Crippen MR) is 248 cm³/mol.